The largest absolute Gasteiger partial charge is 0.494 e. The van der Waals surface area contributed by atoms with Crippen LogP contribution in [0.15, 0.2) is 55.0 Å². The molecule has 4 rings (SSSR count). The standard InChI is InChI=1S/C23H27N7O3/c1-2-3-16-33-19-9-7-18(8-10-19)27-22-21(30(31)32)23(26-17-25-22)29-14-12-28(13-15-29)20-6-4-5-11-24-20/h4-11,17H,2-3,12-16H2,1H3,(H,25,26,27). The molecule has 1 N–H and O–H groups in total. The van der Waals surface area contributed by atoms with Crippen LogP contribution in [0.1, 0.15) is 19.8 Å². The van der Waals surface area contributed by atoms with Gasteiger partial charge in [0.2, 0.25) is 11.6 Å². The molecule has 1 aromatic carbocycles. The lowest BCUT2D eigenvalue weighted by Gasteiger charge is -2.35. The number of hydrogen-bond donors (Lipinski definition) is 1. The molecule has 0 atom stereocenters. The number of nitrogens with one attached hydrogen (secondary N) is 1. The summed E-state index contributed by atoms with van der Waals surface area (Å²) in [4.78, 5) is 28.4. The molecule has 3 aromatic rings. The molecule has 0 unspecified atom stereocenters. The fourth-order valence-electron chi connectivity index (χ4n) is 3.65. The molecule has 10 heteroatoms. The van der Waals surface area contributed by atoms with Crippen molar-refractivity contribution in [2.75, 3.05) is 47.9 Å². The predicted molar refractivity (Wildman–Crippen MR) is 127 cm³/mol. The van der Waals surface area contributed by atoms with E-state index in [-0.39, 0.29) is 11.5 Å². The Hall–Kier alpha value is -3.95. The van der Waals surface area contributed by atoms with E-state index >= 15 is 0 Å². The summed E-state index contributed by atoms with van der Waals surface area (Å²) in [6, 6.07) is 13.1. The average molecular weight is 450 g/mol. The molecule has 2 aromatic heterocycles. The fourth-order valence-corrected chi connectivity index (χ4v) is 3.65. The van der Waals surface area contributed by atoms with Gasteiger partial charge in [0.25, 0.3) is 0 Å². The number of benzene rings is 1. The number of hydrogen-bond acceptors (Lipinski definition) is 9. The van der Waals surface area contributed by atoms with Crippen LogP contribution in [0.4, 0.5) is 28.8 Å². The van der Waals surface area contributed by atoms with E-state index in [0.29, 0.717) is 44.3 Å². The van der Waals surface area contributed by atoms with Crippen molar-refractivity contribution < 1.29 is 9.66 Å². The minimum Gasteiger partial charge on any atom is -0.494 e. The van der Waals surface area contributed by atoms with E-state index in [9.17, 15) is 10.1 Å². The number of pyridine rings is 1. The molecule has 33 heavy (non-hydrogen) atoms. The number of rotatable bonds is 9. The number of ether oxygens (including phenoxy) is 1. The lowest BCUT2D eigenvalue weighted by molar-refractivity contribution is -0.383. The number of piperazine rings is 1. The Morgan fingerprint density at radius 1 is 1.03 bits per heavy atom. The quantitative estimate of drug-likeness (QED) is 0.294. The van der Waals surface area contributed by atoms with Crippen molar-refractivity contribution in [2.24, 2.45) is 0 Å². The van der Waals surface area contributed by atoms with E-state index in [1.54, 1.807) is 6.20 Å². The summed E-state index contributed by atoms with van der Waals surface area (Å²) < 4.78 is 5.68. The van der Waals surface area contributed by atoms with Crippen molar-refractivity contribution in [1.29, 1.82) is 0 Å². The van der Waals surface area contributed by atoms with Gasteiger partial charge in [0, 0.05) is 38.1 Å². The van der Waals surface area contributed by atoms with Crippen molar-refractivity contribution in [3.8, 4) is 5.75 Å². The first kappa shape index (κ1) is 22.3. The normalized spacial score (nSPS) is 13.6. The molecule has 172 valence electrons. The van der Waals surface area contributed by atoms with Gasteiger partial charge in [-0.05, 0) is 42.8 Å². The maximum atomic E-state index is 12.0. The van der Waals surface area contributed by atoms with Gasteiger partial charge in [-0.3, -0.25) is 10.1 Å². The average Bonchev–Trinajstić information content (AvgIpc) is 2.86. The van der Waals surface area contributed by atoms with Crippen molar-refractivity contribution >= 4 is 28.8 Å². The fraction of sp³-hybridized carbons (Fsp3) is 0.348. The van der Waals surface area contributed by atoms with E-state index in [4.69, 9.17) is 4.74 Å². The Bertz CT molecular complexity index is 1060. The van der Waals surface area contributed by atoms with Crippen LogP contribution in [0.5, 0.6) is 5.75 Å². The monoisotopic (exact) mass is 449 g/mol. The Balaban J connectivity index is 1.48. The lowest BCUT2D eigenvalue weighted by atomic mass is 10.2. The third-order valence-electron chi connectivity index (χ3n) is 5.42. The van der Waals surface area contributed by atoms with Crippen molar-refractivity contribution in [3.63, 3.8) is 0 Å². The minimum absolute atomic E-state index is 0.132. The zero-order valence-electron chi connectivity index (χ0n) is 18.6. The van der Waals surface area contributed by atoms with E-state index in [1.807, 2.05) is 47.4 Å². The molecular weight excluding hydrogens is 422 g/mol. The number of aromatic nitrogens is 3. The summed E-state index contributed by atoms with van der Waals surface area (Å²) in [6.07, 6.45) is 5.18. The Kier molecular flexibility index (Phi) is 7.13. The van der Waals surface area contributed by atoms with E-state index in [1.165, 1.54) is 6.33 Å². The predicted octanol–water partition coefficient (Wildman–Crippen LogP) is 4.03. The summed E-state index contributed by atoms with van der Waals surface area (Å²) in [5, 5.41) is 15.0. The molecule has 1 fully saturated rings. The van der Waals surface area contributed by atoms with Gasteiger partial charge in [-0.2, -0.15) is 0 Å². The molecule has 1 saturated heterocycles. The first-order chi connectivity index (χ1) is 16.2. The van der Waals surface area contributed by atoms with Crippen LogP contribution in [-0.2, 0) is 0 Å². The second-order valence-electron chi connectivity index (χ2n) is 7.67. The summed E-state index contributed by atoms with van der Waals surface area (Å²) >= 11 is 0. The number of nitro groups is 1. The molecular formula is C23H27N7O3. The number of nitrogens with zero attached hydrogens (tertiary/aromatic N) is 6. The van der Waals surface area contributed by atoms with Gasteiger partial charge in [-0.15, -0.1) is 0 Å². The minimum atomic E-state index is -0.426. The van der Waals surface area contributed by atoms with Gasteiger partial charge < -0.3 is 19.9 Å². The Morgan fingerprint density at radius 2 is 1.79 bits per heavy atom. The Labute approximate surface area is 192 Å². The summed E-state index contributed by atoms with van der Waals surface area (Å²) in [5.74, 6) is 2.14. The summed E-state index contributed by atoms with van der Waals surface area (Å²) in [7, 11) is 0. The van der Waals surface area contributed by atoms with Crippen LogP contribution < -0.4 is 19.9 Å². The van der Waals surface area contributed by atoms with Gasteiger partial charge in [0.15, 0.2) is 0 Å². The van der Waals surface area contributed by atoms with Crippen LogP contribution in [0.2, 0.25) is 0 Å². The maximum Gasteiger partial charge on any atom is 0.353 e. The molecule has 0 saturated carbocycles. The zero-order valence-corrected chi connectivity index (χ0v) is 18.6. The molecule has 0 aliphatic carbocycles. The smallest absolute Gasteiger partial charge is 0.353 e. The molecule has 0 radical (unpaired) electrons. The summed E-state index contributed by atoms with van der Waals surface area (Å²) in [5.41, 5.74) is 0.553. The van der Waals surface area contributed by atoms with Gasteiger partial charge in [0.1, 0.15) is 17.9 Å². The van der Waals surface area contributed by atoms with Crippen LogP contribution in [0, 0.1) is 10.1 Å². The first-order valence-corrected chi connectivity index (χ1v) is 11.1. The van der Waals surface area contributed by atoms with Crippen LogP contribution in [0.3, 0.4) is 0 Å². The molecule has 1 aliphatic rings. The lowest BCUT2D eigenvalue weighted by Crippen LogP contribution is -2.47. The van der Waals surface area contributed by atoms with Gasteiger partial charge in [-0.1, -0.05) is 19.4 Å². The maximum absolute atomic E-state index is 12.0. The number of unbranched alkanes of at least 4 members (excludes halogenated alkanes) is 1. The molecule has 10 nitrogen and oxygen atoms in total. The molecule has 3 heterocycles. The molecule has 0 spiro atoms. The van der Waals surface area contributed by atoms with E-state index < -0.39 is 4.92 Å². The SMILES string of the molecule is CCCCOc1ccc(Nc2ncnc(N3CCN(c4ccccn4)CC3)c2[N+](=O)[O-])cc1. The van der Waals surface area contributed by atoms with Crippen molar-refractivity contribution in [3.05, 3.63) is 65.1 Å². The molecule has 0 bridgehead atoms. The van der Waals surface area contributed by atoms with Crippen LogP contribution in [0.25, 0.3) is 0 Å². The van der Waals surface area contributed by atoms with Gasteiger partial charge in [0.05, 0.1) is 11.5 Å². The molecule has 1 aliphatic heterocycles. The topological polar surface area (TPSA) is 110 Å². The number of anilines is 4. The third kappa shape index (κ3) is 5.46. The highest BCUT2D eigenvalue weighted by Crippen LogP contribution is 2.34. The van der Waals surface area contributed by atoms with Gasteiger partial charge >= 0.3 is 5.69 Å². The zero-order chi connectivity index (χ0) is 23.0. The second kappa shape index (κ2) is 10.6. The highest BCUT2D eigenvalue weighted by molar-refractivity contribution is 5.74. The van der Waals surface area contributed by atoms with E-state index in [0.717, 1.165) is 24.4 Å². The third-order valence-corrected chi connectivity index (χ3v) is 5.42. The van der Waals surface area contributed by atoms with Crippen LogP contribution >= 0.6 is 0 Å². The summed E-state index contributed by atoms with van der Waals surface area (Å²) in [6.45, 7) is 5.35. The van der Waals surface area contributed by atoms with Gasteiger partial charge in [-0.25, -0.2) is 15.0 Å². The first-order valence-electron chi connectivity index (χ1n) is 11.1. The Morgan fingerprint density at radius 3 is 2.45 bits per heavy atom. The van der Waals surface area contributed by atoms with Crippen molar-refractivity contribution in [2.45, 2.75) is 19.8 Å². The van der Waals surface area contributed by atoms with Crippen molar-refractivity contribution in [1.82, 2.24) is 15.0 Å². The van der Waals surface area contributed by atoms with Crippen LogP contribution in [-0.4, -0.2) is 52.7 Å². The highest BCUT2D eigenvalue weighted by atomic mass is 16.6. The second-order valence-corrected chi connectivity index (χ2v) is 7.67. The highest BCUT2D eigenvalue weighted by Gasteiger charge is 2.29. The molecule has 0 amide bonds. The van der Waals surface area contributed by atoms with E-state index in [2.05, 4.69) is 32.1 Å².